The van der Waals surface area contributed by atoms with Gasteiger partial charge in [0.15, 0.2) is 0 Å². The summed E-state index contributed by atoms with van der Waals surface area (Å²) in [5.74, 6) is 0.718. The van der Waals surface area contributed by atoms with Crippen molar-refractivity contribution in [2.24, 2.45) is 4.99 Å². The molecule has 2 aromatic carbocycles. The van der Waals surface area contributed by atoms with Gasteiger partial charge in [0, 0.05) is 34.6 Å². The van der Waals surface area contributed by atoms with Crippen molar-refractivity contribution in [1.29, 1.82) is 0 Å². The van der Waals surface area contributed by atoms with E-state index >= 15 is 0 Å². The molecule has 2 atom stereocenters. The standard InChI is InChI=1S/C25H27ClN2/c1-4-28-22-7-5-6-18(22)19-14-16(8-12-23(19)28)9-13-24-25(2,3)20-15-17(26)10-11-21(20)27-24/h8-15,18,22H,4-7H2,1-3H3/b13-9+. The van der Waals surface area contributed by atoms with E-state index in [9.17, 15) is 0 Å². The van der Waals surface area contributed by atoms with E-state index in [2.05, 4.69) is 62.1 Å². The third-order valence-corrected chi connectivity index (χ3v) is 7.16. The summed E-state index contributed by atoms with van der Waals surface area (Å²) in [6, 6.07) is 13.7. The highest BCUT2D eigenvalue weighted by Gasteiger charge is 2.40. The average Bonchev–Trinajstić information content (AvgIpc) is 3.32. The maximum absolute atomic E-state index is 6.22. The van der Waals surface area contributed by atoms with Crippen LogP contribution in [0.1, 0.15) is 62.6 Å². The summed E-state index contributed by atoms with van der Waals surface area (Å²) in [6.07, 6.45) is 8.44. The normalized spacial score (nSPS) is 24.4. The van der Waals surface area contributed by atoms with Gasteiger partial charge in [-0.3, -0.25) is 4.99 Å². The van der Waals surface area contributed by atoms with Crippen LogP contribution in [0.15, 0.2) is 47.5 Å². The van der Waals surface area contributed by atoms with Crippen molar-refractivity contribution in [2.75, 3.05) is 11.4 Å². The van der Waals surface area contributed by atoms with E-state index in [-0.39, 0.29) is 5.41 Å². The number of rotatable bonds is 3. The van der Waals surface area contributed by atoms with Crippen LogP contribution in [0.25, 0.3) is 6.08 Å². The highest BCUT2D eigenvalue weighted by atomic mass is 35.5. The molecule has 0 saturated heterocycles. The number of nitrogens with zero attached hydrogens (tertiary/aromatic N) is 2. The molecule has 0 amide bonds. The van der Waals surface area contributed by atoms with E-state index in [1.165, 1.54) is 36.1 Å². The van der Waals surface area contributed by atoms with E-state index in [4.69, 9.17) is 16.6 Å². The van der Waals surface area contributed by atoms with E-state index in [0.29, 0.717) is 0 Å². The summed E-state index contributed by atoms with van der Waals surface area (Å²) in [6.45, 7) is 7.84. The lowest BCUT2D eigenvalue weighted by molar-refractivity contribution is 0.601. The summed E-state index contributed by atoms with van der Waals surface area (Å²) in [5.41, 5.74) is 7.50. The van der Waals surface area contributed by atoms with Gasteiger partial charge in [0.2, 0.25) is 0 Å². The van der Waals surface area contributed by atoms with Crippen molar-refractivity contribution in [3.05, 3.63) is 64.2 Å². The monoisotopic (exact) mass is 390 g/mol. The zero-order valence-corrected chi connectivity index (χ0v) is 17.6. The molecule has 3 heteroatoms. The number of hydrogen-bond donors (Lipinski definition) is 0. The van der Waals surface area contributed by atoms with Gasteiger partial charge in [-0.1, -0.05) is 44.0 Å². The average molecular weight is 391 g/mol. The van der Waals surface area contributed by atoms with Crippen molar-refractivity contribution in [3.63, 3.8) is 0 Å². The predicted octanol–water partition coefficient (Wildman–Crippen LogP) is 6.89. The Bertz CT molecular complexity index is 1000. The van der Waals surface area contributed by atoms with Crippen molar-refractivity contribution in [2.45, 2.75) is 57.4 Å². The maximum atomic E-state index is 6.22. The summed E-state index contributed by atoms with van der Waals surface area (Å²) < 4.78 is 0. The fourth-order valence-electron chi connectivity index (χ4n) is 5.43. The molecular formula is C25H27ClN2. The molecule has 0 bridgehead atoms. The molecule has 2 aliphatic heterocycles. The van der Waals surface area contributed by atoms with Crippen LogP contribution in [0, 0.1) is 0 Å². The fraction of sp³-hybridized carbons (Fsp3) is 0.400. The van der Waals surface area contributed by atoms with Crippen molar-refractivity contribution >= 4 is 34.8 Å². The molecule has 2 nitrogen and oxygen atoms in total. The van der Waals surface area contributed by atoms with Crippen LogP contribution in [0.3, 0.4) is 0 Å². The van der Waals surface area contributed by atoms with Gasteiger partial charge in [-0.25, -0.2) is 0 Å². The smallest absolute Gasteiger partial charge is 0.0675 e. The van der Waals surface area contributed by atoms with E-state index in [1.54, 1.807) is 5.56 Å². The summed E-state index contributed by atoms with van der Waals surface area (Å²) in [4.78, 5) is 7.49. The Morgan fingerprint density at radius 3 is 2.82 bits per heavy atom. The van der Waals surface area contributed by atoms with Crippen LogP contribution in [0.4, 0.5) is 11.4 Å². The van der Waals surface area contributed by atoms with Crippen molar-refractivity contribution in [3.8, 4) is 0 Å². The highest BCUT2D eigenvalue weighted by molar-refractivity contribution is 6.31. The second-order valence-corrected chi connectivity index (χ2v) is 9.26. The minimum Gasteiger partial charge on any atom is -0.368 e. The minimum absolute atomic E-state index is 0.122. The molecule has 2 unspecified atom stereocenters. The number of allylic oxidation sites excluding steroid dienone is 1. The van der Waals surface area contributed by atoms with Crippen molar-refractivity contribution < 1.29 is 0 Å². The summed E-state index contributed by atoms with van der Waals surface area (Å²) in [5, 5.41) is 0.775. The molecule has 0 spiro atoms. The molecule has 1 aliphatic carbocycles. The first-order valence-electron chi connectivity index (χ1n) is 10.5. The molecule has 0 aromatic heterocycles. The molecule has 2 aromatic rings. The SMILES string of the molecule is CCN1c2ccc(/C=C/C3=Nc4ccc(Cl)cc4C3(C)C)cc2C2CCCC21. The molecule has 1 saturated carbocycles. The van der Waals surface area contributed by atoms with Gasteiger partial charge in [-0.15, -0.1) is 0 Å². The zero-order chi connectivity index (χ0) is 19.5. The lowest BCUT2D eigenvalue weighted by atomic mass is 9.81. The summed E-state index contributed by atoms with van der Waals surface area (Å²) in [7, 11) is 0. The highest BCUT2D eigenvalue weighted by Crippen LogP contribution is 2.49. The van der Waals surface area contributed by atoms with Crippen LogP contribution in [-0.4, -0.2) is 18.3 Å². The Balaban J connectivity index is 1.45. The molecular weight excluding hydrogens is 364 g/mol. The molecule has 0 N–H and O–H groups in total. The first-order valence-corrected chi connectivity index (χ1v) is 10.8. The van der Waals surface area contributed by atoms with Gasteiger partial charge in [-0.05, 0) is 72.9 Å². The molecule has 2 heterocycles. The van der Waals surface area contributed by atoms with Crippen LogP contribution in [0.5, 0.6) is 0 Å². The van der Waals surface area contributed by atoms with Crippen LogP contribution >= 0.6 is 11.6 Å². The molecule has 3 aliphatic rings. The van der Waals surface area contributed by atoms with Gasteiger partial charge in [0.05, 0.1) is 11.4 Å². The fourth-order valence-corrected chi connectivity index (χ4v) is 5.60. The number of aliphatic imine (C=N–C) groups is 1. The second kappa shape index (κ2) is 6.49. The quantitative estimate of drug-likeness (QED) is 0.556. The minimum atomic E-state index is -0.122. The Morgan fingerprint density at radius 1 is 1.14 bits per heavy atom. The number of fused-ring (bicyclic) bond motifs is 4. The van der Waals surface area contributed by atoms with Gasteiger partial charge in [0.1, 0.15) is 0 Å². The van der Waals surface area contributed by atoms with Gasteiger partial charge in [-0.2, -0.15) is 0 Å². The third kappa shape index (κ3) is 2.65. The number of likely N-dealkylation sites (N-methyl/N-ethyl adjacent to an activating group) is 1. The molecule has 28 heavy (non-hydrogen) atoms. The number of anilines is 1. The first-order chi connectivity index (χ1) is 13.5. The first kappa shape index (κ1) is 18.0. The second-order valence-electron chi connectivity index (χ2n) is 8.83. The van der Waals surface area contributed by atoms with Crippen LogP contribution < -0.4 is 4.90 Å². The van der Waals surface area contributed by atoms with E-state index < -0.39 is 0 Å². The van der Waals surface area contributed by atoms with Gasteiger partial charge >= 0.3 is 0 Å². The summed E-state index contributed by atoms with van der Waals surface area (Å²) >= 11 is 6.22. The van der Waals surface area contributed by atoms with Crippen LogP contribution in [0.2, 0.25) is 5.02 Å². The van der Waals surface area contributed by atoms with Gasteiger partial charge < -0.3 is 4.90 Å². The van der Waals surface area contributed by atoms with Gasteiger partial charge in [0.25, 0.3) is 0 Å². The number of halogens is 1. The Hall–Kier alpha value is -2.06. The lowest BCUT2D eigenvalue weighted by Crippen LogP contribution is -2.30. The Kier molecular flexibility index (Phi) is 4.17. The molecule has 5 rings (SSSR count). The van der Waals surface area contributed by atoms with E-state index in [0.717, 1.165) is 34.9 Å². The zero-order valence-electron chi connectivity index (χ0n) is 16.9. The van der Waals surface area contributed by atoms with E-state index in [1.807, 2.05) is 12.1 Å². The van der Waals surface area contributed by atoms with Crippen LogP contribution in [-0.2, 0) is 5.41 Å². The largest absolute Gasteiger partial charge is 0.368 e. The maximum Gasteiger partial charge on any atom is 0.0675 e. The number of benzene rings is 2. The van der Waals surface area contributed by atoms with Crippen molar-refractivity contribution in [1.82, 2.24) is 0 Å². The topological polar surface area (TPSA) is 15.6 Å². The Labute approximate surface area is 172 Å². The molecule has 0 radical (unpaired) electrons. The molecule has 144 valence electrons. The number of hydrogen-bond acceptors (Lipinski definition) is 2. The predicted molar refractivity (Wildman–Crippen MR) is 120 cm³/mol. The third-order valence-electron chi connectivity index (χ3n) is 6.93. The molecule has 1 fully saturated rings. The lowest BCUT2D eigenvalue weighted by Gasteiger charge is -2.25. The Morgan fingerprint density at radius 2 is 2.00 bits per heavy atom.